The Morgan fingerprint density at radius 2 is 1.83 bits per heavy atom. The van der Waals surface area contributed by atoms with Crippen molar-refractivity contribution in [1.29, 1.82) is 0 Å². The number of hydrogen-bond acceptors (Lipinski definition) is 3. The van der Waals surface area contributed by atoms with Gasteiger partial charge in [-0.15, -0.1) is 0 Å². The molecule has 2 rings (SSSR count). The minimum atomic E-state index is -0.0345. The summed E-state index contributed by atoms with van der Waals surface area (Å²) in [5.41, 5.74) is 5.73. The summed E-state index contributed by atoms with van der Waals surface area (Å²) in [6, 6.07) is 0. The van der Waals surface area contributed by atoms with Crippen molar-refractivity contribution in [3.63, 3.8) is 0 Å². The SMILES string of the molecule is NCC1(CC(=O)NCC(=O)N2CCCC2)CCC1. The van der Waals surface area contributed by atoms with E-state index in [9.17, 15) is 9.59 Å². The molecular weight excluding hydrogens is 230 g/mol. The van der Waals surface area contributed by atoms with Crippen LogP contribution in [0.15, 0.2) is 0 Å². The zero-order valence-electron chi connectivity index (χ0n) is 10.9. The number of likely N-dealkylation sites (tertiary alicyclic amines) is 1. The fourth-order valence-corrected chi connectivity index (χ4v) is 2.79. The Labute approximate surface area is 108 Å². The van der Waals surface area contributed by atoms with Gasteiger partial charge in [-0.05, 0) is 37.6 Å². The normalized spacial score (nSPS) is 21.5. The number of amides is 2. The van der Waals surface area contributed by atoms with E-state index in [1.807, 2.05) is 4.90 Å². The van der Waals surface area contributed by atoms with Crippen LogP contribution in [0.2, 0.25) is 0 Å². The summed E-state index contributed by atoms with van der Waals surface area (Å²) in [4.78, 5) is 25.4. The lowest BCUT2D eigenvalue weighted by molar-refractivity contribution is -0.133. The van der Waals surface area contributed by atoms with Crippen molar-refractivity contribution in [1.82, 2.24) is 10.2 Å². The van der Waals surface area contributed by atoms with Gasteiger partial charge in [-0.1, -0.05) is 6.42 Å². The van der Waals surface area contributed by atoms with Crippen LogP contribution in [-0.2, 0) is 9.59 Å². The van der Waals surface area contributed by atoms with Gasteiger partial charge in [0.25, 0.3) is 0 Å². The molecule has 1 saturated carbocycles. The lowest BCUT2D eigenvalue weighted by Gasteiger charge is -2.40. The number of nitrogens with two attached hydrogens (primary N) is 1. The highest BCUT2D eigenvalue weighted by atomic mass is 16.2. The van der Waals surface area contributed by atoms with E-state index in [0.29, 0.717) is 13.0 Å². The molecule has 0 aromatic heterocycles. The van der Waals surface area contributed by atoms with E-state index in [2.05, 4.69) is 5.32 Å². The van der Waals surface area contributed by atoms with Gasteiger partial charge in [-0.25, -0.2) is 0 Å². The van der Waals surface area contributed by atoms with Crippen molar-refractivity contribution in [2.75, 3.05) is 26.2 Å². The summed E-state index contributed by atoms with van der Waals surface area (Å²) in [5.74, 6) is 0.00366. The molecule has 1 aliphatic heterocycles. The molecule has 1 aliphatic carbocycles. The van der Waals surface area contributed by atoms with Gasteiger partial charge in [0.1, 0.15) is 0 Å². The third kappa shape index (κ3) is 3.02. The maximum Gasteiger partial charge on any atom is 0.241 e. The zero-order chi connectivity index (χ0) is 13.0. The van der Waals surface area contributed by atoms with Crippen molar-refractivity contribution >= 4 is 11.8 Å². The second kappa shape index (κ2) is 5.69. The number of hydrogen-bond donors (Lipinski definition) is 2. The van der Waals surface area contributed by atoms with Crippen LogP contribution in [0.4, 0.5) is 0 Å². The van der Waals surface area contributed by atoms with E-state index in [0.717, 1.165) is 45.2 Å². The first-order valence-corrected chi connectivity index (χ1v) is 6.90. The van der Waals surface area contributed by atoms with Crippen molar-refractivity contribution in [3.8, 4) is 0 Å². The van der Waals surface area contributed by atoms with Crippen molar-refractivity contribution in [2.24, 2.45) is 11.1 Å². The monoisotopic (exact) mass is 253 g/mol. The summed E-state index contributed by atoms with van der Waals surface area (Å²) in [6.45, 7) is 2.38. The molecule has 5 nitrogen and oxygen atoms in total. The quantitative estimate of drug-likeness (QED) is 0.737. The molecular formula is C13H23N3O2. The summed E-state index contributed by atoms with van der Waals surface area (Å²) >= 11 is 0. The Bertz CT molecular complexity index is 315. The predicted molar refractivity (Wildman–Crippen MR) is 68.8 cm³/mol. The van der Waals surface area contributed by atoms with E-state index >= 15 is 0 Å². The predicted octanol–water partition coefficient (Wildman–Crippen LogP) is 0.244. The first-order chi connectivity index (χ1) is 8.65. The second-order valence-electron chi connectivity index (χ2n) is 5.60. The molecule has 0 unspecified atom stereocenters. The molecule has 0 bridgehead atoms. The smallest absolute Gasteiger partial charge is 0.241 e. The minimum absolute atomic E-state index is 0.0147. The Balaban J connectivity index is 1.69. The van der Waals surface area contributed by atoms with Crippen LogP contribution in [0.5, 0.6) is 0 Å². The fourth-order valence-electron chi connectivity index (χ4n) is 2.79. The number of nitrogens with zero attached hydrogens (tertiary/aromatic N) is 1. The molecule has 102 valence electrons. The number of carbonyl (C=O) groups is 2. The van der Waals surface area contributed by atoms with Crippen LogP contribution >= 0.6 is 0 Å². The molecule has 2 aliphatic rings. The Morgan fingerprint density at radius 3 is 2.33 bits per heavy atom. The molecule has 0 radical (unpaired) electrons. The fraction of sp³-hybridized carbons (Fsp3) is 0.846. The van der Waals surface area contributed by atoms with Gasteiger partial charge >= 0.3 is 0 Å². The van der Waals surface area contributed by atoms with Crippen LogP contribution in [0.3, 0.4) is 0 Å². The van der Waals surface area contributed by atoms with Crippen molar-refractivity contribution in [2.45, 2.75) is 38.5 Å². The van der Waals surface area contributed by atoms with Crippen LogP contribution in [0.25, 0.3) is 0 Å². The van der Waals surface area contributed by atoms with Crippen LogP contribution < -0.4 is 11.1 Å². The number of nitrogens with one attached hydrogen (secondary N) is 1. The topological polar surface area (TPSA) is 75.4 Å². The molecule has 0 atom stereocenters. The second-order valence-corrected chi connectivity index (χ2v) is 5.60. The number of carbonyl (C=O) groups excluding carboxylic acids is 2. The van der Waals surface area contributed by atoms with Gasteiger partial charge in [0, 0.05) is 19.5 Å². The Morgan fingerprint density at radius 1 is 1.17 bits per heavy atom. The molecule has 0 aromatic carbocycles. The zero-order valence-corrected chi connectivity index (χ0v) is 10.9. The van der Waals surface area contributed by atoms with E-state index in [-0.39, 0.29) is 23.8 Å². The van der Waals surface area contributed by atoms with Gasteiger partial charge in [-0.3, -0.25) is 9.59 Å². The van der Waals surface area contributed by atoms with Gasteiger partial charge < -0.3 is 16.0 Å². The first-order valence-electron chi connectivity index (χ1n) is 6.90. The molecule has 5 heteroatoms. The van der Waals surface area contributed by atoms with E-state index < -0.39 is 0 Å². The van der Waals surface area contributed by atoms with Crippen LogP contribution in [0.1, 0.15) is 38.5 Å². The minimum Gasteiger partial charge on any atom is -0.347 e. The Hall–Kier alpha value is -1.10. The molecule has 0 spiro atoms. The van der Waals surface area contributed by atoms with Gasteiger partial charge in [0.15, 0.2) is 0 Å². The maximum atomic E-state index is 11.8. The maximum absolute atomic E-state index is 11.8. The first kappa shape index (κ1) is 13.3. The standard InChI is InChI=1S/C13H23N3O2/c14-10-13(4-3-5-13)8-11(17)15-9-12(18)16-6-1-2-7-16/h1-10,14H2,(H,15,17). The third-order valence-corrected chi connectivity index (χ3v) is 4.28. The van der Waals surface area contributed by atoms with Crippen LogP contribution in [0, 0.1) is 5.41 Å². The van der Waals surface area contributed by atoms with Crippen LogP contribution in [-0.4, -0.2) is 42.9 Å². The highest BCUT2D eigenvalue weighted by Crippen LogP contribution is 2.42. The van der Waals surface area contributed by atoms with Gasteiger partial charge in [0.05, 0.1) is 6.54 Å². The third-order valence-electron chi connectivity index (χ3n) is 4.28. The lowest BCUT2D eigenvalue weighted by Crippen LogP contribution is -2.44. The van der Waals surface area contributed by atoms with E-state index in [4.69, 9.17) is 5.73 Å². The Kier molecular flexibility index (Phi) is 4.22. The summed E-state index contributed by atoms with van der Waals surface area (Å²) < 4.78 is 0. The molecule has 1 heterocycles. The average molecular weight is 253 g/mol. The van der Waals surface area contributed by atoms with Crippen molar-refractivity contribution in [3.05, 3.63) is 0 Å². The molecule has 1 saturated heterocycles. The van der Waals surface area contributed by atoms with Crippen molar-refractivity contribution < 1.29 is 9.59 Å². The largest absolute Gasteiger partial charge is 0.347 e. The average Bonchev–Trinajstić information content (AvgIpc) is 2.84. The molecule has 0 aromatic rings. The number of rotatable bonds is 5. The summed E-state index contributed by atoms with van der Waals surface area (Å²) in [5, 5.41) is 2.73. The van der Waals surface area contributed by atoms with Gasteiger partial charge in [0.2, 0.25) is 11.8 Å². The molecule has 2 fully saturated rings. The molecule has 18 heavy (non-hydrogen) atoms. The van der Waals surface area contributed by atoms with E-state index in [1.165, 1.54) is 0 Å². The highest BCUT2D eigenvalue weighted by molar-refractivity contribution is 5.85. The summed E-state index contributed by atoms with van der Waals surface area (Å²) in [7, 11) is 0. The van der Waals surface area contributed by atoms with Gasteiger partial charge in [-0.2, -0.15) is 0 Å². The summed E-state index contributed by atoms with van der Waals surface area (Å²) in [6.07, 6.45) is 5.87. The highest BCUT2D eigenvalue weighted by Gasteiger charge is 2.37. The molecule has 2 amide bonds. The van der Waals surface area contributed by atoms with E-state index in [1.54, 1.807) is 0 Å². The lowest BCUT2D eigenvalue weighted by atomic mass is 9.66. The molecule has 3 N–H and O–H groups in total.